The van der Waals surface area contributed by atoms with Gasteiger partial charge in [0.25, 0.3) is 0 Å². The molecule has 160 valence electrons. The molecule has 3 aromatic rings. The van der Waals surface area contributed by atoms with E-state index in [-0.39, 0.29) is 0 Å². The maximum Gasteiger partial charge on any atom is 0.152 e. The van der Waals surface area contributed by atoms with Crippen LogP contribution in [0.25, 0.3) is 0 Å². The molecule has 1 aromatic carbocycles. The lowest BCUT2D eigenvalue weighted by atomic mass is 9.84. The Hall–Kier alpha value is -3.12. The van der Waals surface area contributed by atoms with Crippen molar-refractivity contribution >= 4 is 17.2 Å². The monoisotopic (exact) mass is 415 g/mol. The molecule has 0 bridgehead atoms. The van der Waals surface area contributed by atoms with Gasteiger partial charge in [-0.05, 0) is 42.7 Å². The van der Waals surface area contributed by atoms with Gasteiger partial charge in [0.15, 0.2) is 5.82 Å². The van der Waals surface area contributed by atoms with Gasteiger partial charge in [0.05, 0.1) is 11.3 Å². The summed E-state index contributed by atoms with van der Waals surface area (Å²) in [5.41, 5.74) is 2.70. The predicted octanol–water partition coefficient (Wildman–Crippen LogP) is 3.29. The van der Waals surface area contributed by atoms with Gasteiger partial charge in [0.2, 0.25) is 0 Å². The van der Waals surface area contributed by atoms with Crippen LogP contribution >= 0.6 is 0 Å². The molecule has 0 aliphatic carbocycles. The number of rotatable bonds is 4. The van der Waals surface area contributed by atoms with E-state index in [2.05, 4.69) is 37.9 Å². The molecule has 0 radical (unpaired) electrons. The summed E-state index contributed by atoms with van der Waals surface area (Å²) in [6, 6.07) is 18.4. The fraction of sp³-hybridized carbons (Fsp3) is 0.360. The Bertz CT molecular complexity index is 981. The van der Waals surface area contributed by atoms with Gasteiger partial charge < -0.3 is 19.8 Å². The van der Waals surface area contributed by atoms with Gasteiger partial charge >= 0.3 is 0 Å². The van der Waals surface area contributed by atoms with Crippen molar-refractivity contribution in [3.8, 4) is 0 Å². The SMILES string of the molecule is OC1(c2ccccc2)CCN(c2ncccc2N2CCN(c3ccncc3)CC2)CC1. The van der Waals surface area contributed by atoms with Crippen LogP contribution in [0.15, 0.2) is 73.2 Å². The number of benzene rings is 1. The summed E-state index contributed by atoms with van der Waals surface area (Å²) in [4.78, 5) is 16.1. The molecule has 2 aliphatic rings. The molecule has 6 nitrogen and oxygen atoms in total. The van der Waals surface area contributed by atoms with Crippen LogP contribution in [0, 0.1) is 0 Å². The van der Waals surface area contributed by atoms with E-state index in [1.54, 1.807) is 0 Å². The number of piperazine rings is 1. The van der Waals surface area contributed by atoms with Crippen molar-refractivity contribution in [2.45, 2.75) is 18.4 Å². The van der Waals surface area contributed by atoms with Crippen molar-refractivity contribution in [3.63, 3.8) is 0 Å². The van der Waals surface area contributed by atoms with Gasteiger partial charge in [-0.3, -0.25) is 4.98 Å². The Morgan fingerprint density at radius 3 is 2.06 bits per heavy atom. The first-order valence-corrected chi connectivity index (χ1v) is 11.1. The van der Waals surface area contributed by atoms with Crippen LogP contribution in [0.2, 0.25) is 0 Å². The molecule has 0 spiro atoms. The van der Waals surface area contributed by atoms with E-state index in [0.717, 1.165) is 50.6 Å². The van der Waals surface area contributed by atoms with Crippen molar-refractivity contribution in [2.75, 3.05) is 54.0 Å². The lowest BCUT2D eigenvalue weighted by Crippen LogP contribution is -2.48. The molecule has 0 atom stereocenters. The van der Waals surface area contributed by atoms with E-state index < -0.39 is 5.60 Å². The number of piperidine rings is 1. The second-order valence-corrected chi connectivity index (χ2v) is 8.41. The summed E-state index contributed by atoms with van der Waals surface area (Å²) in [7, 11) is 0. The Morgan fingerprint density at radius 1 is 0.677 bits per heavy atom. The van der Waals surface area contributed by atoms with Gasteiger partial charge in [0.1, 0.15) is 0 Å². The van der Waals surface area contributed by atoms with Crippen molar-refractivity contribution in [1.82, 2.24) is 9.97 Å². The highest BCUT2D eigenvalue weighted by molar-refractivity contribution is 5.68. The first-order valence-electron chi connectivity index (χ1n) is 11.1. The highest BCUT2D eigenvalue weighted by Gasteiger charge is 2.35. The van der Waals surface area contributed by atoms with E-state index in [4.69, 9.17) is 4.98 Å². The molecule has 2 fully saturated rings. The molecule has 31 heavy (non-hydrogen) atoms. The van der Waals surface area contributed by atoms with Crippen LogP contribution < -0.4 is 14.7 Å². The van der Waals surface area contributed by atoms with Crippen LogP contribution in [-0.4, -0.2) is 54.3 Å². The molecule has 0 unspecified atom stereocenters. The predicted molar refractivity (Wildman–Crippen MR) is 125 cm³/mol. The number of aliphatic hydroxyl groups is 1. The minimum absolute atomic E-state index is 0.711. The zero-order valence-electron chi connectivity index (χ0n) is 17.8. The van der Waals surface area contributed by atoms with Crippen LogP contribution in [0.1, 0.15) is 18.4 Å². The van der Waals surface area contributed by atoms with Crippen molar-refractivity contribution in [1.29, 1.82) is 0 Å². The Balaban J connectivity index is 1.28. The topological polar surface area (TPSA) is 55.7 Å². The number of nitrogens with zero attached hydrogens (tertiary/aromatic N) is 5. The molecular weight excluding hydrogens is 386 g/mol. The quantitative estimate of drug-likeness (QED) is 0.706. The second kappa shape index (κ2) is 8.55. The second-order valence-electron chi connectivity index (χ2n) is 8.41. The minimum atomic E-state index is -0.747. The smallest absolute Gasteiger partial charge is 0.152 e. The van der Waals surface area contributed by atoms with Crippen LogP contribution in [-0.2, 0) is 5.60 Å². The Morgan fingerprint density at radius 2 is 1.35 bits per heavy atom. The van der Waals surface area contributed by atoms with Gasteiger partial charge in [-0.1, -0.05) is 30.3 Å². The van der Waals surface area contributed by atoms with E-state index in [9.17, 15) is 5.11 Å². The summed E-state index contributed by atoms with van der Waals surface area (Å²) in [6.45, 7) is 5.47. The van der Waals surface area contributed by atoms with E-state index in [0.29, 0.717) is 12.8 Å². The first-order chi connectivity index (χ1) is 15.2. The van der Waals surface area contributed by atoms with E-state index >= 15 is 0 Å². The van der Waals surface area contributed by atoms with Crippen LogP contribution in [0.5, 0.6) is 0 Å². The van der Waals surface area contributed by atoms with Crippen LogP contribution in [0.4, 0.5) is 17.2 Å². The van der Waals surface area contributed by atoms with E-state index in [1.807, 2.05) is 55.0 Å². The highest BCUT2D eigenvalue weighted by Crippen LogP contribution is 2.36. The third kappa shape index (κ3) is 4.08. The molecule has 1 N–H and O–H groups in total. The molecule has 0 saturated carbocycles. The summed E-state index contributed by atoms with van der Waals surface area (Å²) < 4.78 is 0. The average Bonchev–Trinajstić information content (AvgIpc) is 2.86. The normalized spacial score (nSPS) is 18.8. The minimum Gasteiger partial charge on any atom is -0.385 e. The molecule has 2 aliphatic heterocycles. The third-order valence-corrected chi connectivity index (χ3v) is 6.62. The number of anilines is 3. The fourth-order valence-electron chi connectivity index (χ4n) is 4.76. The van der Waals surface area contributed by atoms with E-state index in [1.165, 1.54) is 11.4 Å². The number of aromatic nitrogens is 2. The Kier molecular flexibility index (Phi) is 5.47. The molecule has 4 heterocycles. The van der Waals surface area contributed by atoms with Gasteiger partial charge in [-0.25, -0.2) is 4.98 Å². The van der Waals surface area contributed by atoms with Gasteiger partial charge in [-0.2, -0.15) is 0 Å². The van der Waals surface area contributed by atoms with Crippen molar-refractivity contribution in [3.05, 3.63) is 78.8 Å². The summed E-state index contributed by atoms with van der Waals surface area (Å²) in [5.74, 6) is 1.04. The van der Waals surface area contributed by atoms with Crippen molar-refractivity contribution < 1.29 is 5.11 Å². The largest absolute Gasteiger partial charge is 0.385 e. The number of hydrogen-bond donors (Lipinski definition) is 1. The molecular formula is C25H29N5O. The third-order valence-electron chi connectivity index (χ3n) is 6.62. The molecule has 2 aromatic heterocycles. The lowest BCUT2D eigenvalue weighted by Gasteiger charge is -2.42. The molecule has 6 heteroatoms. The summed E-state index contributed by atoms with van der Waals surface area (Å²) in [6.07, 6.45) is 7.01. The number of pyridine rings is 2. The maximum absolute atomic E-state index is 11.2. The standard InChI is InChI=1S/C25H29N5O/c31-25(21-5-2-1-3-6-21)10-15-30(16-11-25)24-23(7-4-12-27-24)29-19-17-28(18-20-29)22-8-13-26-14-9-22/h1-9,12-14,31H,10-11,15-20H2. The lowest BCUT2D eigenvalue weighted by molar-refractivity contribution is 0.0117. The van der Waals surface area contributed by atoms with Gasteiger partial charge in [-0.15, -0.1) is 0 Å². The Labute approximate surface area is 183 Å². The number of hydrogen-bond acceptors (Lipinski definition) is 6. The summed E-state index contributed by atoms with van der Waals surface area (Å²) in [5, 5.41) is 11.2. The van der Waals surface area contributed by atoms with Crippen LogP contribution in [0.3, 0.4) is 0 Å². The first kappa shape index (κ1) is 19.8. The average molecular weight is 416 g/mol. The van der Waals surface area contributed by atoms with Crippen molar-refractivity contribution in [2.24, 2.45) is 0 Å². The summed E-state index contributed by atoms with van der Waals surface area (Å²) >= 11 is 0. The zero-order chi connectivity index (χ0) is 21.1. The maximum atomic E-state index is 11.2. The molecule has 0 amide bonds. The molecule has 5 rings (SSSR count). The fourth-order valence-corrected chi connectivity index (χ4v) is 4.76. The van der Waals surface area contributed by atoms with Gasteiger partial charge in [0, 0.05) is 63.5 Å². The zero-order valence-corrected chi connectivity index (χ0v) is 17.8. The molecule has 2 saturated heterocycles. The highest BCUT2D eigenvalue weighted by atomic mass is 16.3.